The Morgan fingerprint density at radius 2 is 1.27 bits per heavy atom. The van der Waals surface area contributed by atoms with E-state index < -0.39 is 13.6 Å². The molecule has 0 unspecified atom stereocenters. The molecule has 0 nitrogen and oxygen atoms in total. The van der Waals surface area contributed by atoms with E-state index in [9.17, 15) is 8.78 Å². The fraction of sp³-hybridized carbons (Fsp3) is 1.00. The molecular weight excluding hydrogens is 162 g/mol. The molecule has 0 amide bonds. The highest BCUT2D eigenvalue weighted by Crippen LogP contribution is 2.35. The van der Waals surface area contributed by atoms with Gasteiger partial charge in [0.15, 0.2) is 0 Å². The van der Waals surface area contributed by atoms with Crippen LogP contribution in [-0.4, -0.2) is 13.6 Å². The fourth-order valence-electron chi connectivity index (χ4n) is 1.68. The normalized spacial score (nSPS) is 13.6. The molecule has 0 aliphatic heterocycles. The summed E-state index contributed by atoms with van der Waals surface area (Å²) >= 11 is 0. The van der Waals surface area contributed by atoms with Gasteiger partial charge in [0.2, 0.25) is 5.55 Å². The van der Waals surface area contributed by atoms with Crippen LogP contribution in [0.1, 0.15) is 27.7 Å². The van der Waals surface area contributed by atoms with Crippen molar-refractivity contribution in [1.29, 1.82) is 0 Å². The quantitative estimate of drug-likeness (QED) is 0.579. The molecule has 0 aliphatic carbocycles. The van der Waals surface area contributed by atoms with Crippen molar-refractivity contribution in [2.24, 2.45) is 0 Å². The molecule has 0 bridgehead atoms. The zero-order chi connectivity index (χ0) is 9.12. The molecule has 0 fully saturated rings. The van der Waals surface area contributed by atoms with Gasteiger partial charge < -0.3 is 0 Å². The first-order valence-electron chi connectivity index (χ1n) is 4.31. The van der Waals surface area contributed by atoms with Gasteiger partial charge in [-0.2, -0.15) is 0 Å². The Bertz CT molecular complexity index is 105. The second-order valence-electron chi connectivity index (χ2n) is 3.23. The van der Waals surface area contributed by atoms with Crippen molar-refractivity contribution in [2.75, 3.05) is 0 Å². The zero-order valence-electron chi connectivity index (χ0n) is 7.88. The molecule has 0 aromatic heterocycles. The highest BCUT2D eigenvalue weighted by atomic mass is 28.3. The zero-order valence-corrected chi connectivity index (χ0v) is 8.88. The SMILES string of the molecule is CC[Si](CC)(CC)C(C)(F)F. The van der Waals surface area contributed by atoms with Crippen LogP contribution in [0.2, 0.25) is 18.1 Å². The van der Waals surface area contributed by atoms with E-state index in [4.69, 9.17) is 0 Å². The van der Waals surface area contributed by atoms with E-state index in [0.717, 1.165) is 6.92 Å². The molecule has 3 heteroatoms. The van der Waals surface area contributed by atoms with Crippen LogP contribution in [0.3, 0.4) is 0 Å². The van der Waals surface area contributed by atoms with Gasteiger partial charge in [0.25, 0.3) is 0 Å². The Balaban J connectivity index is 4.54. The first-order chi connectivity index (χ1) is 4.93. The van der Waals surface area contributed by atoms with E-state index in [1.165, 1.54) is 0 Å². The summed E-state index contributed by atoms with van der Waals surface area (Å²) in [5.41, 5.74) is -2.40. The average molecular weight is 180 g/mol. The molecule has 0 aliphatic rings. The molecule has 0 radical (unpaired) electrons. The highest BCUT2D eigenvalue weighted by Gasteiger charge is 2.47. The van der Waals surface area contributed by atoms with E-state index in [0.29, 0.717) is 18.1 Å². The second kappa shape index (κ2) is 3.65. The van der Waals surface area contributed by atoms with Crippen LogP contribution in [0.4, 0.5) is 8.78 Å². The van der Waals surface area contributed by atoms with E-state index in [-0.39, 0.29) is 0 Å². The maximum absolute atomic E-state index is 13.1. The molecule has 68 valence electrons. The Morgan fingerprint density at radius 3 is 1.27 bits per heavy atom. The maximum Gasteiger partial charge on any atom is 0.227 e. The van der Waals surface area contributed by atoms with Gasteiger partial charge in [-0.15, -0.1) is 0 Å². The van der Waals surface area contributed by atoms with Crippen molar-refractivity contribution in [3.8, 4) is 0 Å². The first kappa shape index (κ1) is 11.1. The van der Waals surface area contributed by atoms with Crippen LogP contribution in [0, 0.1) is 0 Å². The Morgan fingerprint density at radius 1 is 1.00 bits per heavy atom. The summed E-state index contributed by atoms with van der Waals surface area (Å²) in [4.78, 5) is 0. The lowest BCUT2D eigenvalue weighted by Gasteiger charge is -2.33. The van der Waals surface area contributed by atoms with Crippen molar-refractivity contribution in [2.45, 2.75) is 51.4 Å². The fourth-order valence-corrected chi connectivity index (χ4v) is 5.04. The summed E-state index contributed by atoms with van der Waals surface area (Å²) in [6, 6.07) is 2.09. The summed E-state index contributed by atoms with van der Waals surface area (Å²) in [7, 11) is -2.25. The van der Waals surface area contributed by atoms with Gasteiger partial charge in [-0.3, -0.25) is 0 Å². The smallest absolute Gasteiger partial charge is 0.212 e. The summed E-state index contributed by atoms with van der Waals surface area (Å²) in [5, 5.41) is 0. The summed E-state index contributed by atoms with van der Waals surface area (Å²) < 4.78 is 26.2. The molecule has 0 saturated heterocycles. The maximum atomic E-state index is 13.1. The van der Waals surface area contributed by atoms with Crippen molar-refractivity contribution in [1.82, 2.24) is 0 Å². The second-order valence-corrected chi connectivity index (χ2v) is 8.79. The van der Waals surface area contributed by atoms with Crippen molar-refractivity contribution < 1.29 is 8.78 Å². The number of halogens is 2. The molecule has 0 aromatic rings. The third-order valence-electron chi connectivity index (χ3n) is 2.96. The molecule has 0 spiro atoms. The molecule has 0 saturated carbocycles. The Hall–Kier alpha value is 0.0769. The van der Waals surface area contributed by atoms with Gasteiger partial charge in [-0.1, -0.05) is 38.9 Å². The first-order valence-corrected chi connectivity index (χ1v) is 6.93. The van der Waals surface area contributed by atoms with E-state index in [1.54, 1.807) is 0 Å². The van der Waals surface area contributed by atoms with Crippen LogP contribution < -0.4 is 0 Å². The lowest BCUT2D eigenvalue weighted by molar-refractivity contribution is 0.100. The van der Waals surface area contributed by atoms with Crippen LogP contribution in [0.5, 0.6) is 0 Å². The molecule has 0 aromatic carbocycles. The van der Waals surface area contributed by atoms with Crippen LogP contribution in [-0.2, 0) is 0 Å². The van der Waals surface area contributed by atoms with Gasteiger partial charge >= 0.3 is 0 Å². The third-order valence-corrected chi connectivity index (χ3v) is 8.88. The van der Waals surface area contributed by atoms with Gasteiger partial charge in [-0.05, 0) is 6.92 Å². The van der Waals surface area contributed by atoms with E-state index >= 15 is 0 Å². The van der Waals surface area contributed by atoms with Gasteiger partial charge in [0.1, 0.15) is 8.07 Å². The largest absolute Gasteiger partial charge is 0.227 e. The van der Waals surface area contributed by atoms with E-state index in [1.807, 2.05) is 20.8 Å². The minimum absolute atomic E-state index is 0.698. The predicted molar refractivity (Wildman–Crippen MR) is 47.8 cm³/mol. The molecule has 0 heterocycles. The molecule has 0 N–H and O–H groups in total. The van der Waals surface area contributed by atoms with E-state index in [2.05, 4.69) is 0 Å². The Labute approximate surface area is 69.0 Å². The summed E-state index contributed by atoms with van der Waals surface area (Å²) in [6.07, 6.45) is 0. The lowest BCUT2D eigenvalue weighted by Crippen LogP contribution is -2.49. The Kier molecular flexibility index (Phi) is 3.68. The number of alkyl halides is 2. The standard InChI is InChI=1S/C8H18F2Si/c1-5-11(6-2,7-3)8(4,9)10/h5-7H2,1-4H3. The highest BCUT2D eigenvalue weighted by molar-refractivity contribution is 6.81. The average Bonchev–Trinajstić information content (AvgIpc) is 1.90. The van der Waals surface area contributed by atoms with Crippen molar-refractivity contribution in [3.63, 3.8) is 0 Å². The van der Waals surface area contributed by atoms with Crippen LogP contribution >= 0.6 is 0 Å². The number of hydrogen-bond donors (Lipinski definition) is 0. The van der Waals surface area contributed by atoms with Gasteiger partial charge in [0, 0.05) is 0 Å². The lowest BCUT2D eigenvalue weighted by atomic mass is 10.8. The van der Waals surface area contributed by atoms with Crippen molar-refractivity contribution in [3.05, 3.63) is 0 Å². The minimum Gasteiger partial charge on any atom is -0.212 e. The molecule has 0 rings (SSSR count). The van der Waals surface area contributed by atoms with Crippen LogP contribution in [0.15, 0.2) is 0 Å². The van der Waals surface area contributed by atoms with Crippen LogP contribution in [0.25, 0.3) is 0 Å². The third kappa shape index (κ3) is 2.01. The van der Waals surface area contributed by atoms with Crippen molar-refractivity contribution >= 4 is 8.07 Å². The van der Waals surface area contributed by atoms with Gasteiger partial charge in [-0.25, -0.2) is 8.78 Å². The summed E-state index contributed by atoms with van der Waals surface area (Å²) in [6.45, 7) is 6.79. The molecule has 0 atom stereocenters. The monoisotopic (exact) mass is 180 g/mol. The topological polar surface area (TPSA) is 0 Å². The summed E-state index contributed by atoms with van der Waals surface area (Å²) in [5.74, 6) is 0. The minimum atomic E-state index is -2.40. The predicted octanol–water partition coefficient (Wildman–Crippen LogP) is 3.69. The number of hydrogen-bond acceptors (Lipinski definition) is 0. The van der Waals surface area contributed by atoms with Gasteiger partial charge in [0.05, 0.1) is 0 Å². The number of rotatable bonds is 4. The molecular formula is C8H18F2Si. The molecule has 11 heavy (non-hydrogen) atoms.